The SMILES string of the molecule is C=CCN1CC(=O)N2[C@@H](Cc3ccc(O)cc3)C(=O)N(Cc3cccc4c(-c5ccc(C(=O)N6CCN(S(C)(=O)=O)CC6)nc5)cn(C)c34)C[C@@H]2N1C(=O)CCc1ccccc1. The Hall–Kier alpha value is -6.36. The molecule has 4 amide bonds. The number of nitrogens with zero attached hydrogens (tertiary/aromatic N) is 8. The quantitative estimate of drug-likeness (QED) is 0.185. The number of rotatable bonds is 12. The summed E-state index contributed by atoms with van der Waals surface area (Å²) >= 11 is 0. The summed E-state index contributed by atoms with van der Waals surface area (Å²) in [7, 11) is -1.40. The lowest BCUT2D eigenvalue weighted by Gasteiger charge is -2.55. The first kappa shape index (κ1) is 42.3. The van der Waals surface area contributed by atoms with Crippen molar-refractivity contribution >= 4 is 44.6 Å². The fourth-order valence-corrected chi connectivity index (χ4v) is 9.78. The molecular formula is C46H50N8O7S. The van der Waals surface area contributed by atoms with E-state index in [9.17, 15) is 32.7 Å². The molecule has 3 aromatic carbocycles. The van der Waals surface area contributed by atoms with Crippen LogP contribution in [0, 0.1) is 0 Å². The number of benzene rings is 3. The zero-order valence-corrected chi connectivity index (χ0v) is 35.7. The van der Waals surface area contributed by atoms with Gasteiger partial charge < -0.3 is 24.4 Å². The normalized spacial score (nSPS) is 18.9. The van der Waals surface area contributed by atoms with Crippen molar-refractivity contribution in [2.24, 2.45) is 7.05 Å². The van der Waals surface area contributed by atoms with E-state index >= 15 is 0 Å². The highest BCUT2D eigenvalue weighted by Crippen LogP contribution is 2.35. The van der Waals surface area contributed by atoms with Gasteiger partial charge in [-0.3, -0.25) is 24.2 Å². The van der Waals surface area contributed by atoms with Crippen LogP contribution in [-0.2, 0) is 50.8 Å². The van der Waals surface area contributed by atoms with Gasteiger partial charge in [-0.2, -0.15) is 4.31 Å². The van der Waals surface area contributed by atoms with Gasteiger partial charge in [-0.1, -0.05) is 72.8 Å². The van der Waals surface area contributed by atoms with Gasteiger partial charge >= 0.3 is 0 Å². The molecule has 322 valence electrons. The Kier molecular flexibility index (Phi) is 12.0. The number of aromatic nitrogens is 2. The van der Waals surface area contributed by atoms with Crippen LogP contribution in [0.1, 0.15) is 33.6 Å². The third-order valence-corrected chi connectivity index (χ3v) is 13.3. The maximum absolute atomic E-state index is 14.8. The molecule has 5 aromatic rings. The van der Waals surface area contributed by atoms with Crippen molar-refractivity contribution < 1.29 is 32.7 Å². The summed E-state index contributed by atoms with van der Waals surface area (Å²) in [6, 6.07) is 24.9. The number of pyridine rings is 1. The molecule has 0 bridgehead atoms. The van der Waals surface area contributed by atoms with Crippen molar-refractivity contribution in [1.29, 1.82) is 0 Å². The van der Waals surface area contributed by atoms with Crippen LogP contribution in [0.4, 0.5) is 0 Å². The van der Waals surface area contributed by atoms with Crippen LogP contribution in [0.2, 0.25) is 0 Å². The van der Waals surface area contributed by atoms with Crippen molar-refractivity contribution in [1.82, 2.24) is 38.6 Å². The molecule has 3 fully saturated rings. The number of hydrazine groups is 1. The summed E-state index contributed by atoms with van der Waals surface area (Å²) in [5.41, 5.74) is 5.47. The summed E-state index contributed by atoms with van der Waals surface area (Å²) in [6.07, 6.45) is 6.60. The first-order valence-electron chi connectivity index (χ1n) is 20.7. The van der Waals surface area contributed by atoms with Crippen LogP contribution in [0.5, 0.6) is 5.75 Å². The molecule has 5 heterocycles. The number of amides is 4. The molecular weight excluding hydrogens is 809 g/mol. The van der Waals surface area contributed by atoms with Gasteiger partial charge in [0.2, 0.25) is 27.7 Å². The molecule has 8 rings (SSSR count). The second kappa shape index (κ2) is 17.6. The molecule has 3 aliphatic rings. The zero-order chi connectivity index (χ0) is 43.7. The molecule has 0 aliphatic carbocycles. The van der Waals surface area contributed by atoms with Gasteiger partial charge in [0.25, 0.3) is 5.91 Å². The Bertz CT molecular complexity index is 2610. The maximum Gasteiger partial charge on any atom is 0.272 e. The van der Waals surface area contributed by atoms with E-state index in [2.05, 4.69) is 11.6 Å². The number of hydrogen-bond donors (Lipinski definition) is 1. The zero-order valence-electron chi connectivity index (χ0n) is 34.8. The Labute approximate surface area is 361 Å². The molecule has 0 saturated carbocycles. The van der Waals surface area contributed by atoms with Crippen LogP contribution in [0.25, 0.3) is 22.0 Å². The van der Waals surface area contributed by atoms with E-state index in [-0.39, 0.29) is 100 Å². The molecule has 3 saturated heterocycles. The molecule has 2 aromatic heterocycles. The van der Waals surface area contributed by atoms with Crippen molar-refractivity contribution in [3.05, 3.63) is 132 Å². The second-order valence-corrected chi connectivity index (χ2v) is 18.1. The largest absolute Gasteiger partial charge is 0.508 e. The van der Waals surface area contributed by atoms with E-state index in [1.165, 1.54) is 10.6 Å². The summed E-state index contributed by atoms with van der Waals surface area (Å²) in [5, 5.41) is 14.3. The number of carbonyl (C=O) groups excluding carboxylic acids is 4. The minimum absolute atomic E-state index is 0.0811. The van der Waals surface area contributed by atoms with Crippen LogP contribution >= 0.6 is 0 Å². The number of hydrogen-bond acceptors (Lipinski definition) is 9. The summed E-state index contributed by atoms with van der Waals surface area (Å²) in [5.74, 6) is -0.844. The van der Waals surface area contributed by atoms with E-state index in [0.29, 0.717) is 6.42 Å². The number of phenolic OH excluding ortho intramolecular Hbond substituents is 1. The monoisotopic (exact) mass is 858 g/mol. The predicted octanol–water partition coefficient (Wildman–Crippen LogP) is 3.65. The smallest absolute Gasteiger partial charge is 0.272 e. The van der Waals surface area contributed by atoms with E-state index in [1.54, 1.807) is 67.3 Å². The highest BCUT2D eigenvalue weighted by atomic mass is 32.2. The molecule has 15 nitrogen and oxygen atoms in total. The molecule has 0 unspecified atom stereocenters. The molecule has 62 heavy (non-hydrogen) atoms. The van der Waals surface area contributed by atoms with Crippen molar-refractivity contribution in [3.63, 3.8) is 0 Å². The molecule has 1 N–H and O–H groups in total. The number of phenols is 1. The predicted molar refractivity (Wildman–Crippen MR) is 233 cm³/mol. The van der Waals surface area contributed by atoms with Gasteiger partial charge in [-0.25, -0.2) is 18.4 Å². The maximum atomic E-state index is 14.8. The van der Waals surface area contributed by atoms with Crippen molar-refractivity contribution in [2.75, 3.05) is 52.1 Å². The van der Waals surface area contributed by atoms with Crippen molar-refractivity contribution in [3.8, 4) is 16.9 Å². The lowest BCUT2D eigenvalue weighted by atomic mass is 9.97. The molecule has 0 spiro atoms. The first-order valence-corrected chi connectivity index (χ1v) is 22.5. The third kappa shape index (κ3) is 8.58. The number of fused-ring (bicyclic) bond motifs is 2. The van der Waals surface area contributed by atoms with Crippen LogP contribution in [-0.4, -0.2) is 140 Å². The number of aryl methyl sites for hydroxylation is 2. The minimum Gasteiger partial charge on any atom is -0.508 e. The number of para-hydroxylation sites is 1. The van der Waals surface area contributed by atoms with Crippen molar-refractivity contribution in [2.45, 2.75) is 38.0 Å². The average Bonchev–Trinajstić information content (AvgIpc) is 3.61. The van der Waals surface area contributed by atoms with E-state index in [4.69, 9.17) is 0 Å². The topological polar surface area (TPSA) is 160 Å². The highest BCUT2D eigenvalue weighted by Gasteiger charge is 2.51. The Morgan fingerprint density at radius 3 is 2.34 bits per heavy atom. The first-order chi connectivity index (χ1) is 29.8. The molecule has 0 radical (unpaired) electrons. The fourth-order valence-electron chi connectivity index (χ4n) is 8.95. The molecule has 16 heteroatoms. The number of sulfonamides is 1. The Morgan fingerprint density at radius 2 is 1.66 bits per heavy atom. The average molecular weight is 859 g/mol. The van der Waals surface area contributed by atoms with E-state index < -0.39 is 22.2 Å². The Balaban J connectivity index is 1.09. The minimum atomic E-state index is -3.33. The van der Waals surface area contributed by atoms with Gasteiger partial charge in [0, 0.05) is 88.1 Å². The molecule has 3 aliphatic heterocycles. The van der Waals surface area contributed by atoms with Gasteiger partial charge in [0.15, 0.2) is 0 Å². The summed E-state index contributed by atoms with van der Waals surface area (Å²) in [4.78, 5) is 66.0. The fraction of sp³-hybridized carbons (Fsp3) is 0.326. The van der Waals surface area contributed by atoms with Gasteiger partial charge in [0.1, 0.15) is 23.7 Å². The summed E-state index contributed by atoms with van der Waals surface area (Å²) < 4.78 is 27.3. The number of carbonyl (C=O) groups is 4. The van der Waals surface area contributed by atoms with Gasteiger partial charge in [-0.05, 0) is 41.3 Å². The lowest BCUT2D eigenvalue weighted by Crippen LogP contribution is -2.75. The Morgan fingerprint density at radius 1 is 0.919 bits per heavy atom. The van der Waals surface area contributed by atoms with Gasteiger partial charge in [0.05, 0.1) is 24.9 Å². The molecule has 2 atom stereocenters. The van der Waals surface area contributed by atoms with Crippen LogP contribution in [0.15, 0.2) is 110 Å². The summed E-state index contributed by atoms with van der Waals surface area (Å²) in [6.45, 7) is 5.39. The van der Waals surface area contributed by atoms with Gasteiger partial charge in [-0.15, -0.1) is 6.58 Å². The third-order valence-electron chi connectivity index (χ3n) is 12.0. The van der Waals surface area contributed by atoms with Crippen LogP contribution < -0.4 is 0 Å². The lowest BCUT2D eigenvalue weighted by molar-refractivity contribution is -0.205. The van der Waals surface area contributed by atoms with E-state index in [1.807, 2.05) is 72.4 Å². The van der Waals surface area contributed by atoms with Crippen LogP contribution in [0.3, 0.4) is 0 Å². The second-order valence-electron chi connectivity index (χ2n) is 16.1. The van der Waals surface area contributed by atoms with E-state index in [0.717, 1.165) is 38.7 Å². The standard InChI is InChI=1S/C46H50N8O7S/c1-4-21-51-31-43(57)53-40(26-33-13-17-36(55)18-14-33)46(59)50(30-41(53)54(51)42(56)20-15-32-9-6-5-7-10-32)28-35-11-8-12-37-38(29-48(2)44(35)37)34-16-19-39(47-27-34)45(58)49-22-24-52(25-23-49)62(3,60)61/h4-14,16-19,27,29,40-41,55H,1,15,20-26,28,30-31H2,2-3H3/t40-,41-/m0/s1. The highest BCUT2D eigenvalue weighted by molar-refractivity contribution is 7.88. The number of piperazine rings is 2. The number of aromatic hydroxyl groups is 1.